The van der Waals surface area contributed by atoms with Crippen LogP contribution >= 0.6 is 0 Å². The van der Waals surface area contributed by atoms with E-state index >= 15 is 0 Å². The number of rotatable bonds is 0. The van der Waals surface area contributed by atoms with Crippen LogP contribution in [-0.4, -0.2) is 0 Å². The summed E-state index contributed by atoms with van der Waals surface area (Å²) in [6.07, 6.45) is 0. The van der Waals surface area contributed by atoms with E-state index in [1.807, 2.05) is 0 Å². The molecule has 0 aromatic rings. The second-order valence-corrected chi connectivity index (χ2v) is 5.93. The summed E-state index contributed by atoms with van der Waals surface area (Å²) in [4.78, 5) is 0. The standard InChI is InChI=1S/Au.Cr.3O.Zn/q;;;2*-1;+2. The molecule has 0 radical (unpaired) electrons. The summed E-state index contributed by atoms with van der Waals surface area (Å²) < 4.78 is 27.4. The predicted molar refractivity (Wildman–Crippen MR) is 0.686 cm³/mol. The smallest absolute Gasteiger partial charge is 2.00 e. The summed E-state index contributed by atoms with van der Waals surface area (Å²) in [5, 5.41) is 0. The summed E-state index contributed by atoms with van der Waals surface area (Å²) in [6, 6.07) is 0. The molecule has 0 saturated carbocycles. The van der Waals surface area contributed by atoms with Gasteiger partial charge in [0.05, 0.1) is 0 Å². The molecule has 0 aliphatic carbocycles. The fourth-order valence-electron chi connectivity index (χ4n) is 0. The molecule has 0 aromatic heterocycles. The molecule has 0 aromatic carbocycles. The molecule has 0 bridgehead atoms. The second-order valence-electron chi connectivity index (χ2n) is 0.355. The molecule has 0 atom stereocenters. The Balaban J connectivity index is 0. The van der Waals surface area contributed by atoms with Gasteiger partial charge in [-0.15, -0.1) is 0 Å². The van der Waals surface area contributed by atoms with Gasteiger partial charge in [-0.2, -0.15) is 0 Å². The molecular formula is AuCrO3Zn. The maximum atomic E-state index is 9.12. The normalized spacial score (nSPS) is 10.0. The first-order valence-corrected chi connectivity index (χ1v) is 6.22. The van der Waals surface area contributed by atoms with E-state index in [1.54, 1.807) is 0 Å². The van der Waals surface area contributed by atoms with Crippen LogP contribution in [0.3, 0.4) is 0 Å². The van der Waals surface area contributed by atoms with Gasteiger partial charge in [-0.05, 0) is 0 Å². The molecule has 6 heavy (non-hydrogen) atoms. The Morgan fingerprint density at radius 3 is 1.50 bits per heavy atom. The van der Waals surface area contributed by atoms with Gasteiger partial charge >= 0.3 is 61.2 Å². The Morgan fingerprint density at radius 2 is 1.50 bits per heavy atom. The summed E-state index contributed by atoms with van der Waals surface area (Å²) in [5.41, 5.74) is 0. The van der Waals surface area contributed by atoms with Crippen molar-refractivity contribution in [2.75, 3.05) is 0 Å². The fourth-order valence-corrected chi connectivity index (χ4v) is 0. The molecule has 0 aliphatic heterocycles. The first-order chi connectivity index (χ1) is 2.00. The molecule has 0 unspecified atom stereocenters. The predicted octanol–water partition coefficient (Wildman–Crippen LogP) is -2.50. The van der Waals surface area contributed by atoms with Crippen molar-refractivity contribution in [3.63, 3.8) is 0 Å². The minimum absolute atomic E-state index is 0. The minimum Gasteiger partial charge on any atom is 2.00 e. The number of hydrogen-bond acceptors (Lipinski definition) is 3. The van der Waals surface area contributed by atoms with Crippen LogP contribution in [0.5, 0.6) is 0 Å². The van der Waals surface area contributed by atoms with Crippen LogP contribution in [-0.2, 0) is 52.9 Å². The summed E-state index contributed by atoms with van der Waals surface area (Å²) >= 11 is 1.03. The largest absolute Gasteiger partial charge is 2.00 e. The SMILES string of the molecule is [O]=[Cr]([O-])([O-])[Au].[Zn+2]. The van der Waals surface area contributed by atoms with E-state index in [0.717, 1.165) is 18.8 Å². The third-order valence-electron chi connectivity index (χ3n) is 0. The van der Waals surface area contributed by atoms with Crippen molar-refractivity contribution in [2.24, 2.45) is 0 Å². The molecule has 0 amide bonds. The van der Waals surface area contributed by atoms with Crippen LogP contribution in [0.1, 0.15) is 0 Å². The Kier molecular flexibility index (Phi) is 6.34. The van der Waals surface area contributed by atoms with E-state index in [4.69, 9.17) is 12.1 Å². The van der Waals surface area contributed by atoms with Crippen molar-refractivity contribution in [1.82, 2.24) is 0 Å². The van der Waals surface area contributed by atoms with E-state index < -0.39 is 10.7 Å². The van der Waals surface area contributed by atoms with E-state index in [9.17, 15) is 0 Å². The third kappa shape index (κ3) is 45.8. The van der Waals surface area contributed by atoms with Crippen molar-refractivity contribution < 1.29 is 61.2 Å². The summed E-state index contributed by atoms with van der Waals surface area (Å²) in [6.45, 7) is 0. The molecule has 3 nitrogen and oxygen atoms in total. The quantitative estimate of drug-likeness (QED) is 0.448. The van der Waals surface area contributed by atoms with Gasteiger partial charge in [0.1, 0.15) is 0 Å². The van der Waals surface area contributed by atoms with Gasteiger partial charge in [-0.3, -0.25) is 0 Å². The number of hydrogen-bond donors (Lipinski definition) is 0. The van der Waals surface area contributed by atoms with Crippen LogP contribution in [0.25, 0.3) is 0 Å². The monoisotopic (exact) mass is 361 g/mol. The fraction of sp³-hybridized carbons (Fsp3) is 0. The van der Waals surface area contributed by atoms with Gasteiger partial charge in [-0.25, -0.2) is 0 Å². The van der Waals surface area contributed by atoms with E-state index in [0.29, 0.717) is 0 Å². The van der Waals surface area contributed by atoms with Crippen molar-refractivity contribution in [1.29, 1.82) is 0 Å². The molecule has 0 fully saturated rings. The van der Waals surface area contributed by atoms with Crippen LogP contribution in [0.15, 0.2) is 0 Å². The molecule has 0 rings (SSSR count). The molecule has 37 valence electrons. The minimum atomic E-state index is -4.56. The first-order valence-electron chi connectivity index (χ1n) is 0.623. The van der Waals surface area contributed by atoms with Gasteiger partial charge in [0.2, 0.25) is 0 Å². The Bertz CT molecular complexity index is 56.9. The van der Waals surface area contributed by atoms with E-state index in [-0.39, 0.29) is 19.5 Å². The van der Waals surface area contributed by atoms with Gasteiger partial charge in [0, 0.05) is 0 Å². The molecule has 0 aliphatic rings. The van der Waals surface area contributed by atoms with E-state index in [1.165, 1.54) is 0 Å². The molecule has 6 heteroatoms. The first kappa shape index (κ1) is 10.6. The van der Waals surface area contributed by atoms with Crippen molar-refractivity contribution in [3.8, 4) is 0 Å². The summed E-state index contributed by atoms with van der Waals surface area (Å²) in [5.74, 6) is 0. The van der Waals surface area contributed by atoms with E-state index in [2.05, 4.69) is 0 Å². The van der Waals surface area contributed by atoms with Crippen LogP contribution in [0.2, 0.25) is 0 Å². The van der Waals surface area contributed by atoms with Crippen molar-refractivity contribution in [3.05, 3.63) is 0 Å². The Labute approximate surface area is 60.7 Å². The van der Waals surface area contributed by atoms with Gasteiger partial charge in [-0.1, -0.05) is 0 Å². The maximum Gasteiger partial charge on any atom is 2.00 e. The zero-order valence-electron chi connectivity index (χ0n) is 2.64. The maximum absolute atomic E-state index is 9.12. The van der Waals surface area contributed by atoms with Crippen LogP contribution < -0.4 is 8.32 Å². The Morgan fingerprint density at radius 1 is 1.50 bits per heavy atom. The summed E-state index contributed by atoms with van der Waals surface area (Å²) in [7, 11) is -4.56. The average molecular weight is 362 g/mol. The zero-order chi connectivity index (χ0) is 4.50. The zero-order valence-corrected chi connectivity index (χ0v) is 9.05. The molecule has 0 saturated heterocycles. The molecule has 0 N–H and O–H groups in total. The average Bonchev–Trinajstić information content (AvgIpc) is 0.722. The topological polar surface area (TPSA) is 63.2 Å². The van der Waals surface area contributed by atoms with Crippen molar-refractivity contribution >= 4 is 0 Å². The van der Waals surface area contributed by atoms with Crippen LogP contribution in [0, 0.1) is 0 Å². The molecule has 0 heterocycles. The van der Waals surface area contributed by atoms with Gasteiger partial charge < -0.3 is 0 Å². The van der Waals surface area contributed by atoms with Crippen molar-refractivity contribution in [2.45, 2.75) is 0 Å². The van der Waals surface area contributed by atoms with Crippen LogP contribution in [0.4, 0.5) is 0 Å². The molecular weight excluding hydrogens is 362 g/mol. The van der Waals surface area contributed by atoms with Gasteiger partial charge in [0.25, 0.3) is 0 Å². The molecule has 0 spiro atoms. The van der Waals surface area contributed by atoms with Gasteiger partial charge in [0.15, 0.2) is 0 Å². The Hall–Kier alpha value is 1.62. The third-order valence-corrected chi connectivity index (χ3v) is 0. The second kappa shape index (κ2) is 3.60.